The van der Waals surface area contributed by atoms with Gasteiger partial charge in [-0.2, -0.15) is 0 Å². The molecule has 1 heterocycles. The molecule has 2 aliphatic carbocycles. The first kappa shape index (κ1) is 38.0. The summed E-state index contributed by atoms with van der Waals surface area (Å²) in [4.78, 5) is 29.6. The van der Waals surface area contributed by atoms with Crippen LogP contribution in [-0.2, 0) is 37.7 Å². The fourth-order valence-corrected chi connectivity index (χ4v) is 6.49. The molecular weight excluding hydrogens is 683 g/mol. The Morgan fingerprint density at radius 1 is 0.960 bits per heavy atom. The van der Waals surface area contributed by atoms with E-state index < -0.39 is 24.3 Å². The fourth-order valence-electron chi connectivity index (χ4n) is 5.97. The number of para-hydroxylation sites is 1. The van der Waals surface area contributed by atoms with E-state index in [1.807, 2.05) is 42.6 Å². The summed E-state index contributed by atoms with van der Waals surface area (Å²) in [6.45, 7) is 0.0392. The average Bonchev–Trinajstić information content (AvgIpc) is 4.05. The van der Waals surface area contributed by atoms with Crippen LogP contribution in [0.5, 0.6) is 5.75 Å². The Morgan fingerprint density at radius 3 is 2.40 bits per heavy atom. The number of benzene rings is 2. The summed E-state index contributed by atoms with van der Waals surface area (Å²) in [5.41, 5.74) is 4.37. The highest BCUT2D eigenvalue weighted by molar-refractivity contribution is 6.34. The van der Waals surface area contributed by atoms with Gasteiger partial charge in [-0.15, -0.1) is 0 Å². The van der Waals surface area contributed by atoms with Crippen molar-refractivity contribution < 1.29 is 39.1 Å². The van der Waals surface area contributed by atoms with E-state index >= 15 is 0 Å². The molecule has 3 aromatic rings. The minimum atomic E-state index is -1.14. The zero-order valence-corrected chi connectivity index (χ0v) is 29.7. The lowest BCUT2D eigenvalue weighted by Gasteiger charge is -2.23. The topological polar surface area (TPSA) is 139 Å². The van der Waals surface area contributed by atoms with Crippen LogP contribution in [0.4, 0.5) is 0 Å². The van der Waals surface area contributed by atoms with Crippen LogP contribution in [0, 0.1) is 0 Å². The second-order valence-corrected chi connectivity index (χ2v) is 13.9. The zero-order chi connectivity index (χ0) is 35.5. The Labute approximate surface area is 303 Å². The predicted octanol–water partition coefficient (Wildman–Crippen LogP) is 6.58. The average molecular weight is 730 g/mol. The van der Waals surface area contributed by atoms with Crippen LogP contribution in [0.25, 0.3) is 11.1 Å². The van der Waals surface area contributed by atoms with Crippen molar-refractivity contribution in [3.63, 3.8) is 0 Å². The summed E-state index contributed by atoms with van der Waals surface area (Å²) < 4.78 is 17.8. The molecule has 3 N–H and O–H groups in total. The van der Waals surface area contributed by atoms with Gasteiger partial charge >= 0.3 is 5.97 Å². The fraction of sp³-hybridized carbons (Fsp3) is 0.500. The summed E-state index contributed by atoms with van der Waals surface area (Å²) in [7, 11) is 0. The van der Waals surface area contributed by atoms with Crippen molar-refractivity contribution in [1.82, 2.24) is 9.88 Å². The van der Waals surface area contributed by atoms with Crippen LogP contribution in [-0.4, -0.2) is 82.2 Å². The van der Waals surface area contributed by atoms with Gasteiger partial charge in [0.05, 0.1) is 31.0 Å². The van der Waals surface area contributed by atoms with Gasteiger partial charge in [0.1, 0.15) is 19.0 Å². The Hall–Kier alpha value is -3.25. The molecule has 0 bridgehead atoms. The molecule has 2 aliphatic rings. The number of aliphatic hydroxyl groups excluding tert-OH is 2. The number of ether oxygens (including phenoxy) is 3. The molecule has 0 aliphatic heterocycles. The molecule has 2 fully saturated rings. The van der Waals surface area contributed by atoms with Gasteiger partial charge in [0, 0.05) is 46.7 Å². The molecule has 0 saturated heterocycles. The van der Waals surface area contributed by atoms with E-state index in [4.69, 9.17) is 47.6 Å². The van der Waals surface area contributed by atoms with Crippen LogP contribution >= 0.6 is 23.2 Å². The highest BCUT2D eigenvalue weighted by Crippen LogP contribution is 2.53. The van der Waals surface area contributed by atoms with Crippen LogP contribution < -0.4 is 4.74 Å². The number of carboxylic acids is 1. The molecule has 2 aromatic carbocycles. The highest BCUT2D eigenvalue weighted by atomic mass is 35.5. The number of aromatic nitrogens is 1. The van der Waals surface area contributed by atoms with Gasteiger partial charge in [-0.05, 0) is 105 Å². The van der Waals surface area contributed by atoms with E-state index in [1.54, 1.807) is 11.1 Å². The predicted molar refractivity (Wildman–Crippen MR) is 190 cm³/mol. The first-order valence-electron chi connectivity index (χ1n) is 17.4. The number of carbonyl (C=O) groups excluding carboxylic acids is 1. The van der Waals surface area contributed by atoms with Gasteiger partial charge in [0.2, 0.25) is 5.91 Å². The third-order valence-electron chi connectivity index (χ3n) is 9.08. The molecule has 270 valence electrons. The molecule has 1 amide bonds. The van der Waals surface area contributed by atoms with Crippen LogP contribution in [0.3, 0.4) is 0 Å². The maximum absolute atomic E-state index is 12.7. The molecular formula is C38H46Cl2N2O8. The number of hydrogen-bond acceptors (Lipinski definition) is 8. The van der Waals surface area contributed by atoms with Crippen molar-refractivity contribution in [2.45, 2.75) is 88.6 Å². The van der Waals surface area contributed by atoms with Gasteiger partial charge in [-0.3, -0.25) is 9.78 Å². The summed E-state index contributed by atoms with van der Waals surface area (Å²) in [5.74, 6) is -0.550. The van der Waals surface area contributed by atoms with Crippen molar-refractivity contribution in [2.24, 2.45) is 0 Å². The third kappa shape index (κ3) is 10.9. The SMILES string of the molecule is O=C(O)COCC(=O)N(CCCCc1cc(Cl)c(COC2(c3cnccc3-c3ccccc3OC3CC3)CC2)cc1Cl)CCCCC(O)CO. The van der Waals surface area contributed by atoms with Crippen molar-refractivity contribution in [1.29, 1.82) is 0 Å². The Morgan fingerprint density at radius 2 is 1.68 bits per heavy atom. The Balaban J connectivity index is 1.16. The number of hydrogen-bond donors (Lipinski definition) is 3. The molecule has 0 spiro atoms. The first-order valence-corrected chi connectivity index (χ1v) is 18.1. The number of pyridine rings is 1. The number of rotatable bonds is 22. The number of nitrogens with zero attached hydrogens (tertiary/aromatic N) is 2. The Bertz CT molecular complexity index is 1600. The maximum Gasteiger partial charge on any atom is 0.329 e. The standard InChI is InChI=1S/C38H46Cl2N2O8/c39-33-20-27(23-49-38(14-15-38)32-21-41-16-13-30(32)31-9-1-2-10-35(31)50-29-11-12-29)34(40)19-26(33)7-3-5-17-42(18-6-4-8-28(44)22-43)36(45)24-48-25-37(46)47/h1-2,9-10,13,16,19-21,28-29,43-44H,3-8,11-12,14-15,17-18,22-25H2,(H,46,47). The highest BCUT2D eigenvalue weighted by Gasteiger charge is 2.48. The van der Waals surface area contributed by atoms with E-state index in [2.05, 4.69) is 11.1 Å². The quantitative estimate of drug-likeness (QED) is 0.0980. The minimum absolute atomic E-state index is 0.285. The van der Waals surface area contributed by atoms with Gasteiger partial charge in [-0.1, -0.05) is 41.4 Å². The molecule has 50 heavy (non-hydrogen) atoms. The van der Waals surface area contributed by atoms with Crippen molar-refractivity contribution in [3.05, 3.63) is 81.6 Å². The molecule has 2 saturated carbocycles. The van der Waals surface area contributed by atoms with Gasteiger partial charge in [-0.25, -0.2) is 4.79 Å². The lowest BCUT2D eigenvalue weighted by atomic mass is 9.96. The molecule has 1 aromatic heterocycles. The lowest BCUT2D eigenvalue weighted by Crippen LogP contribution is -2.36. The Kier molecular flexibility index (Phi) is 13.9. The number of unbranched alkanes of at least 4 members (excludes halogenated alkanes) is 2. The second-order valence-electron chi connectivity index (χ2n) is 13.1. The van der Waals surface area contributed by atoms with Crippen LogP contribution in [0.1, 0.15) is 74.5 Å². The van der Waals surface area contributed by atoms with Crippen molar-refractivity contribution in [3.8, 4) is 16.9 Å². The molecule has 5 rings (SSSR count). The summed E-state index contributed by atoms with van der Waals surface area (Å²) in [6.07, 6.45) is 10.9. The third-order valence-corrected chi connectivity index (χ3v) is 9.79. The molecule has 10 nitrogen and oxygen atoms in total. The normalized spacial score (nSPS) is 15.4. The maximum atomic E-state index is 12.7. The van der Waals surface area contributed by atoms with Crippen molar-refractivity contribution >= 4 is 35.1 Å². The monoisotopic (exact) mass is 728 g/mol. The molecule has 12 heteroatoms. The summed E-state index contributed by atoms with van der Waals surface area (Å²) in [6, 6.07) is 13.9. The second kappa shape index (κ2) is 18.3. The lowest BCUT2D eigenvalue weighted by molar-refractivity contribution is -0.145. The number of aliphatic carboxylic acids is 1. The molecule has 1 unspecified atom stereocenters. The van der Waals surface area contributed by atoms with Gasteiger partial charge < -0.3 is 34.4 Å². The summed E-state index contributed by atoms with van der Waals surface area (Å²) >= 11 is 13.5. The smallest absolute Gasteiger partial charge is 0.329 e. The summed E-state index contributed by atoms with van der Waals surface area (Å²) in [5, 5.41) is 28.6. The van der Waals surface area contributed by atoms with E-state index in [9.17, 15) is 14.7 Å². The number of aliphatic hydroxyl groups is 2. The molecule has 0 radical (unpaired) electrons. The number of halogens is 2. The minimum Gasteiger partial charge on any atom is -0.490 e. The number of aryl methyl sites for hydroxylation is 1. The van der Waals surface area contributed by atoms with Gasteiger partial charge in [0.25, 0.3) is 0 Å². The van der Waals surface area contributed by atoms with E-state index in [1.165, 1.54) is 0 Å². The van der Waals surface area contributed by atoms with Gasteiger partial charge in [0.15, 0.2) is 0 Å². The van der Waals surface area contributed by atoms with E-state index in [0.29, 0.717) is 61.8 Å². The number of carboxylic acid groups (broad SMARTS) is 1. The van der Waals surface area contributed by atoms with E-state index in [-0.39, 0.29) is 25.2 Å². The first-order chi connectivity index (χ1) is 24.2. The number of amides is 1. The zero-order valence-electron chi connectivity index (χ0n) is 28.2. The van der Waals surface area contributed by atoms with E-state index in [0.717, 1.165) is 65.7 Å². The number of carbonyl (C=O) groups is 2. The van der Waals surface area contributed by atoms with Crippen LogP contribution in [0.2, 0.25) is 10.0 Å². The largest absolute Gasteiger partial charge is 0.490 e. The molecule has 1 atom stereocenters. The van der Waals surface area contributed by atoms with Crippen molar-refractivity contribution in [2.75, 3.05) is 32.9 Å². The van der Waals surface area contributed by atoms with Crippen LogP contribution in [0.15, 0.2) is 54.9 Å².